The topological polar surface area (TPSA) is 55.3 Å². The molecule has 0 bridgehead atoms. The summed E-state index contributed by atoms with van der Waals surface area (Å²) in [6.45, 7) is 1.89. The van der Waals surface area contributed by atoms with Gasteiger partial charge in [0.25, 0.3) is 5.91 Å². The highest BCUT2D eigenvalue weighted by Crippen LogP contribution is 2.13. The van der Waals surface area contributed by atoms with Crippen molar-refractivity contribution in [1.82, 2.24) is 15.1 Å². The molecule has 5 nitrogen and oxygen atoms in total. The molecular weight excluding hydrogens is 254 g/mol. The number of hydrogen-bond acceptors (Lipinski definition) is 4. The molecule has 18 heavy (non-hydrogen) atoms. The molecule has 0 radical (unpaired) electrons. The predicted octanol–water partition coefficient (Wildman–Crippen LogP) is 1.55. The quantitative estimate of drug-likeness (QED) is 0.780. The predicted molar refractivity (Wildman–Crippen MR) is 67.5 cm³/mol. The van der Waals surface area contributed by atoms with E-state index in [1.165, 1.54) is 5.57 Å². The second kappa shape index (κ2) is 5.93. The van der Waals surface area contributed by atoms with Gasteiger partial charge < -0.3 is 9.64 Å². The van der Waals surface area contributed by atoms with Crippen LogP contribution in [-0.4, -0.2) is 47.8 Å². The summed E-state index contributed by atoms with van der Waals surface area (Å²) < 4.78 is 5.07. The zero-order chi connectivity index (χ0) is 13.0. The summed E-state index contributed by atoms with van der Waals surface area (Å²) in [4.78, 5) is 13.8. The summed E-state index contributed by atoms with van der Waals surface area (Å²) >= 11 is 5.63. The number of methoxy groups -OCH3 is 1. The van der Waals surface area contributed by atoms with E-state index >= 15 is 0 Å². The molecule has 0 atom stereocenters. The maximum Gasteiger partial charge on any atom is 0.274 e. The van der Waals surface area contributed by atoms with E-state index in [0.29, 0.717) is 25.4 Å². The first kappa shape index (κ1) is 13.0. The third-order valence-electron chi connectivity index (χ3n) is 2.77. The number of carbonyl (C=O) groups is 1. The van der Waals surface area contributed by atoms with Crippen molar-refractivity contribution in [2.24, 2.45) is 0 Å². The third kappa shape index (κ3) is 3.05. The highest BCUT2D eigenvalue weighted by atomic mass is 35.5. The highest BCUT2D eigenvalue weighted by molar-refractivity contribution is 6.29. The van der Waals surface area contributed by atoms with Crippen LogP contribution in [0.1, 0.15) is 16.9 Å². The zero-order valence-electron chi connectivity index (χ0n) is 10.1. The van der Waals surface area contributed by atoms with Gasteiger partial charge in [-0.05, 0) is 24.1 Å². The molecule has 96 valence electrons. The number of hydrogen-bond donors (Lipinski definition) is 0. The van der Waals surface area contributed by atoms with Crippen LogP contribution in [-0.2, 0) is 4.74 Å². The first-order valence-corrected chi connectivity index (χ1v) is 6.04. The molecule has 0 saturated heterocycles. The smallest absolute Gasteiger partial charge is 0.274 e. The molecule has 0 fully saturated rings. The molecule has 2 heterocycles. The Hall–Kier alpha value is -1.46. The molecule has 0 N–H and O–H groups in total. The van der Waals surface area contributed by atoms with E-state index in [0.717, 1.165) is 6.42 Å². The lowest BCUT2D eigenvalue weighted by atomic mass is 10.1. The standard InChI is InChI=1S/C12H14ClN3O2/c1-18-8-9-4-6-16(7-5-9)12(17)10-2-3-11(13)15-14-10/h2-4H,5-8H2,1H3. The van der Waals surface area contributed by atoms with Crippen LogP contribution in [0.3, 0.4) is 0 Å². The summed E-state index contributed by atoms with van der Waals surface area (Å²) in [5.74, 6) is -0.119. The zero-order valence-corrected chi connectivity index (χ0v) is 10.9. The molecule has 6 heteroatoms. The number of amides is 1. The number of halogens is 1. The van der Waals surface area contributed by atoms with Gasteiger partial charge in [-0.1, -0.05) is 17.7 Å². The number of rotatable bonds is 3. The molecule has 0 unspecified atom stereocenters. The Kier molecular flexibility index (Phi) is 4.28. The molecule has 0 spiro atoms. The number of ether oxygens (including phenoxy) is 1. The molecule has 1 aromatic rings. The second-order valence-electron chi connectivity index (χ2n) is 4.04. The van der Waals surface area contributed by atoms with Gasteiger partial charge in [0.1, 0.15) is 0 Å². The van der Waals surface area contributed by atoms with Crippen molar-refractivity contribution in [1.29, 1.82) is 0 Å². The lowest BCUT2D eigenvalue weighted by Gasteiger charge is -2.25. The van der Waals surface area contributed by atoms with Crippen molar-refractivity contribution in [3.8, 4) is 0 Å². The van der Waals surface area contributed by atoms with Gasteiger partial charge in [-0.25, -0.2) is 0 Å². The lowest BCUT2D eigenvalue weighted by molar-refractivity contribution is 0.0758. The Labute approximate surface area is 110 Å². The Morgan fingerprint density at radius 1 is 1.50 bits per heavy atom. The van der Waals surface area contributed by atoms with E-state index in [2.05, 4.69) is 10.2 Å². The van der Waals surface area contributed by atoms with E-state index in [1.54, 1.807) is 24.1 Å². The number of carbonyl (C=O) groups excluding carboxylic acids is 1. The van der Waals surface area contributed by atoms with Crippen molar-refractivity contribution in [2.75, 3.05) is 26.8 Å². The average molecular weight is 268 g/mol. The first-order chi connectivity index (χ1) is 8.70. The monoisotopic (exact) mass is 267 g/mol. The Bertz CT molecular complexity index is 459. The van der Waals surface area contributed by atoms with Crippen LogP contribution >= 0.6 is 11.6 Å². The largest absolute Gasteiger partial charge is 0.380 e. The van der Waals surface area contributed by atoms with Crippen LogP contribution in [0, 0.1) is 0 Å². The van der Waals surface area contributed by atoms with Crippen LogP contribution in [0.15, 0.2) is 23.8 Å². The fraction of sp³-hybridized carbons (Fsp3) is 0.417. The van der Waals surface area contributed by atoms with Crippen molar-refractivity contribution in [3.63, 3.8) is 0 Å². The van der Waals surface area contributed by atoms with E-state index in [-0.39, 0.29) is 11.1 Å². The van der Waals surface area contributed by atoms with Gasteiger partial charge in [0.2, 0.25) is 0 Å². The van der Waals surface area contributed by atoms with Crippen LogP contribution in [0.5, 0.6) is 0 Å². The Morgan fingerprint density at radius 2 is 2.33 bits per heavy atom. The fourth-order valence-corrected chi connectivity index (χ4v) is 1.91. The maximum atomic E-state index is 12.1. The summed E-state index contributed by atoms with van der Waals surface area (Å²) in [5.41, 5.74) is 1.55. The van der Waals surface area contributed by atoms with Gasteiger partial charge in [-0.2, -0.15) is 0 Å². The van der Waals surface area contributed by atoms with E-state index in [4.69, 9.17) is 16.3 Å². The number of aromatic nitrogens is 2. The van der Waals surface area contributed by atoms with Crippen molar-refractivity contribution >= 4 is 17.5 Å². The van der Waals surface area contributed by atoms with Gasteiger partial charge in [0.15, 0.2) is 10.8 Å². The van der Waals surface area contributed by atoms with Crippen molar-refractivity contribution in [3.05, 3.63) is 34.6 Å². The minimum absolute atomic E-state index is 0.119. The molecule has 0 aromatic carbocycles. The minimum Gasteiger partial charge on any atom is -0.380 e. The average Bonchev–Trinajstić information content (AvgIpc) is 2.40. The Balaban J connectivity index is 2.01. The highest BCUT2D eigenvalue weighted by Gasteiger charge is 2.19. The van der Waals surface area contributed by atoms with Crippen LogP contribution in [0.4, 0.5) is 0 Å². The second-order valence-corrected chi connectivity index (χ2v) is 4.43. The van der Waals surface area contributed by atoms with Crippen LogP contribution in [0.2, 0.25) is 5.15 Å². The summed E-state index contributed by atoms with van der Waals surface area (Å²) in [5, 5.41) is 7.75. The van der Waals surface area contributed by atoms with Crippen molar-refractivity contribution in [2.45, 2.75) is 6.42 Å². The SMILES string of the molecule is COCC1=CCN(C(=O)c2ccc(Cl)nn2)CC1. The molecule has 0 saturated carbocycles. The minimum atomic E-state index is -0.119. The molecular formula is C12H14ClN3O2. The van der Waals surface area contributed by atoms with Crippen LogP contribution in [0.25, 0.3) is 0 Å². The molecule has 0 aliphatic carbocycles. The van der Waals surface area contributed by atoms with Gasteiger partial charge in [0, 0.05) is 20.2 Å². The van der Waals surface area contributed by atoms with E-state index in [9.17, 15) is 4.79 Å². The van der Waals surface area contributed by atoms with Gasteiger partial charge in [-0.3, -0.25) is 4.79 Å². The molecule has 1 aliphatic heterocycles. The Morgan fingerprint density at radius 3 is 2.89 bits per heavy atom. The van der Waals surface area contributed by atoms with Gasteiger partial charge >= 0.3 is 0 Å². The van der Waals surface area contributed by atoms with E-state index < -0.39 is 0 Å². The van der Waals surface area contributed by atoms with Gasteiger partial charge in [-0.15, -0.1) is 10.2 Å². The fourth-order valence-electron chi connectivity index (χ4n) is 1.80. The molecule has 1 amide bonds. The third-order valence-corrected chi connectivity index (χ3v) is 2.97. The maximum absolute atomic E-state index is 12.1. The van der Waals surface area contributed by atoms with E-state index in [1.807, 2.05) is 6.08 Å². The normalized spacial score (nSPS) is 15.4. The summed E-state index contributed by atoms with van der Waals surface area (Å²) in [6.07, 6.45) is 2.86. The number of nitrogens with zero attached hydrogens (tertiary/aromatic N) is 3. The summed E-state index contributed by atoms with van der Waals surface area (Å²) in [6, 6.07) is 3.16. The van der Waals surface area contributed by atoms with Crippen molar-refractivity contribution < 1.29 is 9.53 Å². The molecule has 2 rings (SSSR count). The van der Waals surface area contributed by atoms with Crippen LogP contribution < -0.4 is 0 Å². The van der Waals surface area contributed by atoms with Gasteiger partial charge in [0.05, 0.1) is 6.61 Å². The lowest BCUT2D eigenvalue weighted by Crippen LogP contribution is -2.35. The first-order valence-electron chi connectivity index (χ1n) is 5.66. The molecule has 1 aromatic heterocycles. The molecule has 1 aliphatic rings. The summed E-state index contributed by atoms with van der Waals surface area (Å²) in [7, 11) is 1.67.